The van der Waals surface area contributed by atoms with Crippen LogP contribution in [0.2, 0.25) is 0 Å². The predicted molar refractivity (Wildman–Crippen MR) is 89.6 cm³/mol. The lowest BCUT2D eigenvalue weighted by atomic mass is 10.0. The van der Waals surface area contributed by atoms with E-state index in [2.05, 4.69) is 39.8 Å². The lowest BCUT2D eigenvalue weighted by molar-refractivity contribution is 1.29. The van der Waals surface area contributed by atoms with Gasteiger partial charge in [-0.3, -0.25) is 5.43 Å². The SMILES string of the molecule is Nc1csc(NN=Cc2ccc(-c3ccccc3)cc2)n1. The molecule has 0 saturated carbocycles. The molecule has 2 aromatic carbocycles. The van der Waals surface area contributed by atoms with Crippen LogP contribution in [0.3, 0.4) is 0 Å². The summed E-state index contributed by atoms with van der Waals surface area (Å²) in [4.78, 5) is 4.07. The van der Waals surface area contributed by atoms with Crippen molar-refractivity contribution < 1.29 is 0 Å². The van der Waals surface area contributed by atoms with Crippen LogP contribution in [0.25, 0.3) is 11.1 Å². The van der Waals surface area contributed by atoms with Crippen LogP contribution in [0, 0.1) is 0 Å². The van der Waals surface area contributed by atoms with E-state index in [1.54, 1.807) is 11.6 Å². The number of rotatable bonds is 4. The topological polar surface area (TPSA) is 63.3 Å². The number of anilines is 2. The number of nitrogen functional groups attached to an aromatic ring is 1. The molecule has 0 aliphatic rings. The maximum Gasteiger partial charge on any atom is 0.205 e. The fourth-order valence-electron chi connectivity index (χ4n) is 1.89. The van der Waals surface area contributed by atoms with Crippen LogP contribution >= 0.6 is 11.3 Å². The van der Waals surface area contributed by atoms with Crippen molar-refractivity contribution in [3.63, 3.8) is 0 Å². The Bertz CT molecular complexity index is 732. The van der Waals surface area contributed by atoms with Crippen molar-refractivity contribution in [3.8, 4) is 11.1 Å². The average Bonchev–Trinajstić information content (AvgIpc) is 2.94. The molecule has 3 rings (SSSR count). The lowest BCUT2D eigenvalue weighted by Gasteiger charge is -2.01. The largest absolute Gasteiger partial charge is 0.383 e. The Morgan fingerprint density at radius 3 is 2.38 bits per heavy atom. The third-order valence-electron chi connectivity index (χ3n) is 2.91. The van der Waals surface area contributed by atoms with Gasteiger partial charge in [0.25, 0.3) is 0 Å². The fraction of sp³-hybridized carbons (Fsp3) is 0. The Hall–Kier alpha value is -2.66. The molecule has 1 heterocycles. The monoisotopic (exact) mass is 294 g/mol. The van der Waals surface area contributed by atoms with Gasteiger partial charge in [-0.2, -0.15) is 5.10 Å². The molecular weight excluding hydrogens is 280 g/mol. The first-order valence-electron chi connectivity index (χ1n) is 6.47. The minimum Gasteiger partial charge on any atom is -0.383 e. The van der Waals surface area contributed by atoms with E-state index >= 15 is 0 Å². The van der Waals surface area contributed by atoms with Gasteiger partial charge in [-0.25, -0.2) is 4.98 Å². The lowest BCUT2D eigenvalue weighted by Crippen LogP contribution is -1.91. The van der Waals surface area contributed by atoms with Crippen LogP contribution < -0.4 is 11.2 Å². The zero-order chi connectivity index (χ0) is 14.5. The van der Waals surface area contributed by atoms with Crippen molar-refractivity contribution in [1.82, 2.24) is 4.98 Å². The molecule has 3 N–H and O–H groups in total. The smallest absolute Gasteiger partial charge is 0.205 e. The molecule has 104 valence electrons. The van der Waals surface area contributed by atoms with Crippen molar-refractivity contribution >= 4 is 28.5 Å². The average molecular weight is 294 g/mol. The number of nitrogens with two attached hydrogens (primary N) is 1. The third-order valence-corrected chi connectivity index (χ3v) is 3.68. The Labute approximate surface area is 127 Å². The summed E-state index contributed by atoms with van der Waals surface area (Å²) in [7, 11) is 0. The van der Waals surface area contributed by atoms with Gasteiger partial charge in [0.2, 0.25) is 5.13 Å². The number of nitrogens with one attached hydrogen (secondary N) is 1. The fourth-order valence-corrected chi connectivity index (χ4v) is 2.44. The third kappa shape index (κ3) is 3.46. The molecular formula is C16H14N4S. The molecule has 0 spiro atoms. The van der Waals surface area contributed by atoms with Gasteiger partial charge in [-0.05, 0) is 16.7 Å². The van der Waals surface area contributed by atoms with Crippen LogP contribution in [0.15, 0.2) is 65.1 Å². The summed E-state index contributed by atoms with van der Waals surface area (Å²) < 4.78 is 0. The Balaban J connectivity index is 1.67. The highest BCUT2D eigenvalue weighted by Gasteiger charge is 1.97. The van der Waals surface area contributed by atoms with Gasteiger partial charge in [0.1, 0.15) is 5.82 Å². The number of aromatic nitrogens is 1. The highest BCUT2D eigenvalue weighted by molar-refractivity contribution is 7.14. The second-order valence-electron chi connectivity index (χ2n) is 4.44. The van der Waals surface area contributed by atoms with Gasteiger partial charge in [0.15, 0.2) is 0 Å². The number of hydrogen-bond donors (Lipinski definition) is 2. The van der Waals surface area contributed by atoms with Crippen molar-refractivity contribution in [2.45, 2.75) is 0 Å². The molecule has 1 aromatic heterocycles. The number of thiazole rings is 1. The molecule has 0 aliphatic heterocycles. The van der Waals surface area contributed by atoms with Crippen LogP contribution in [-0.2, 0) is 0 Å². The van der Waals surface area contributed by atoms with E-state index in [1.807, 2.05) is 30.3 Å². The maximum atomic E-state index is 5.54. The minimum absolute atomic E-state index is 0.505. The molecule has 0 unspecified atom stereocenters. The maximum absolute atomic E-state index is 5.54. The summed E-state index contributed by atoms with van der Waals surface area (Å²) in [6.45, 7) is 0. The van der Waals surface area contributed by atoms with Crippen LogP contribution in [-0.4, -0.2) is 11.2 Å². The Morgan fingerprint density at radius 2 is 1.71 bits per heavy atom. The molecule has 3 aromatic rings. The second-order valence-corrected chi connectivity index (χ2v) is 5.29. The van der Waals surface area contributed by atoms with Crippen molar-refractivity contribution in [3.05, 3.63) is 65.5 Å². The zero-order valence-electron chi connectivity index (χ0n) is 11.2. The quantitative estimate of drug-likeness (QED) is 0.567. The van der Waals surface area contributed by atoms with Crippen molar-refractivity contribution in [2.24, 2.45) is 5.10 Å². The highest BCUT2D eigenvalue weighted by atomic mass is 32.1. The van der Waals surface area contributed by atoms with Gasteiger partial charge < -0.3 is 5.73 Å². The van der Waals surface area contributed by atoms with E-state index in [-0.39, 0.29) is 0 Å². The Kier molecular flexibility index (Phi) is 3.93. The van der Waals surface area contributed by atoms with Gasteiger partial charge in [0.05, 0.1) is 6.21 Å². The number of hydrazone groups is 1. The summed E-state index contributed by atoms with van der Waals surface area (Å²) >= 11 is 1.42. The number of nitrogens with zero attached hydrogens (tertiary/aromatic N) is 2. The molecule has 0 fully saturated rings. The molecule has 5 heteroatoms. The van der Waals surface area contributed by atoms with Crippen LogP contribution in [0.5, 0.6) is 0 Å². The van der Waals surface area contributed by atoms with Gasteiger partial charge in [-0.15, -0.1) is 11.3 Å². The second kappa shape index (κ2) is 6.19. The molecule has 21 heavy (non-hydrogen) atoms. The molecule has 0 atom stereocenters. The predicted octanol–water partition coefficient (Wildman–Crippen LogP) is 3.84. The normalized spacial score (nSPS) is 10.9. The molecule has 0 amide bonds. The number of hydrogen-bond acceptors (Lipinski definition) is 5. The highest BCUT2D eigenvalue weighted by Crippen LogP contribution is 2.19. The summed E-state index contributed by atoms with van der Waals surface area (Å²) in [5.74, 6) is 0.505. The first-order chi connectivity index (χ1) is 10.3. The minimum atomic E-state index is 0.505. The molecule has 0 saturated heterocycles. The van der Waals surface area contributed by atoms with Gasteiger partial charge in [-0.1, -0.05) is 54.6 Å². The van der Waals surface area contributed by atoms with E-state index in [9.17, 15) is 0 Å². The number of benzene rings is 2. The summed E-state index contributed by atoms with van der Waals surface area (Å²) in [6.07, 6.45) is 1.76. The molecule has 4 nitrogen and oxygen atoms in total. The zero-order valence-corrected chi connectivity index (χ0v) is 12.0. The summed E-state index contributed by atoms with van der Waals surface area (Å²) in [5, 5.41) is 6.60. The van der Waals surface area contributed by atoms with E-state index in [0.29, 0.717) is 10.9 Å². The van der Waals surface area contributed by atoms with Crippen LogP contribution in [0.1, 0.15) is 5.56 Å². The molecule has 0 bridgehead atoms. The first-order valence-corrected chi connectivity index (χ1v) is 7.35. The summed E-state index contributed by atoms with van der Waals surface area (Å²) in [6, 6.07) is 18.5. The van der Waals surface area contributed by atoms with E-state index in [1.165, 1.54) is 22.5 Å². The van der Waals surface area contributed by atoms with Gasteiger partial charge >= 0.3 is 0 Å². The van der Waals surface area contributed by atoms with Gasteiger partial charge in [0, 0.05) is 5.38 Å². The van der Waals surface area contributed by atoms with Crippen LogP contribution in [0.4, 0.5) is 10.9 Å². The standard InChI is InChI=1S/C16H14N4S/c17-15-11-21-16(19-15)20-18-10-12-6-8-14(9-7-12)13-4-2-1-3-5-13/h1-11H,17H2,(H,19,20). The Morgan fingerprint density at radius 1 is 1.00 bits per heavy atom. The summed E-state index contributed by atoms with van der Waals surface area (Å²) in [5.41, 5.74) is 11.8. The van der Waals surface area contributed by atoms with E-state index in [0.717, 1.165) is 5.56 Å². The van der Waals surface area contributed by atoms with E-state index < -0.39 is 0 Å². The first kappa shape index (κ1) is 13.3. The van der Waals surface area contributed by atoms with Crippen molar-refractivity contribution in [2.75, 3.05) is 11.2 Å². The van der Waals surface area contributed by atoms with Crippen molar-refractivity contribution in [1.29, 1.82) is 0 Å². The molecule has 0 radical (unpaired) electrons. The van der Waals surface area contributed by atoms with E-state index in [4.69, 9.17) is 5.73 Å². The molecule has 0 aliphatic carbocycles.